The first kappa shape index (κ1) is 15.0. The Bertz CT molecular complexity index is 633. The second kappa shape index (κ2) is 6.40. The van der Waals surface area contributed by atoms with E-state index in [4.69, 9.17) is 4.74 Å². The molecule has 2 rings (SSSR count). The standard InChI is InChI=1S/C15H19O4P/c1-2-3-10-19-15-9-8-12-6-4-5-7-13(12)14(15)11-20(16,17)18/h4-9H,2-3,10-11H2,1H3,(H2,16,17,18). The van der Waals surface area contributed by atoms with Crippen LogP contribution in [0, 0.1) is 0 Å². The summed E-state index contributed by atoms with van der Waals surface area (Å²) in [6, 6.07) is 11.3. The van der Waals surface area contributed by atoms with Crippen LogP contribution in [0.25, 0.3) is 10.8 Å². The van der Waals surface area contributed by atoms with Gasteiger partial charge in [-0.1, -0.05) is 43.7 Å². The van der Waals surface area contributed by atoms with Gasteiger partial charge in [0, 0.05) is 5.56 Å². The molecular formula is C15H19O4P. The Morgan fingerprint density at radius 1 is 1.15 bits per heavy atom. The summed E-state index contributed by atoms with van der Waals surface area (Å²) in [5.74, 6) is 0.570. The first-order valence-corrected chi connectivity index (χ1v) is 8.49. The minimum atomic E-state index is -4.14. The molecule has 2 N–H and O–H groups in total. The number of benzene rings is 2. The van der Waals surface area contributed by atoms with Crippen molar-refractivity contribution in [1.82, 2.24) is 0 Å². The molecule has 2 aromatic rings. The molecule has 0 heterocycles. The van der Waals surface area contributed by atoms with Crippen molar-refractivity contribution in [3.05, 3.63) is 42.0 Å². The van der Waals surface area contributed by atoms with Crippen molar-refractivity contribution in [3.63, 3.8) is 0 Å². The van der Waals surface area contributed by atoms with Crippen molar-refractivity contribution >= 4 is 18.4 Å². The SMILES string of the molecule is CCCCOc1ccc2ccccc2c1CP(=O)(O)O. The Labute approximate surface area is 118 Å². The minimum Gasteiger partial charge on any atom is -0.493 e. The number of unbranched alkanes of at least 4 members (excludes halogenated alkanes) is 1. The summed E-state index contributed by atoms with van der Waals surface area (Å²) in [6.45, 7) is 2.63. The molecular weight excluding hydrogens is 275 g/mol. The molecule has 5 heteroatoms. The molecule has 0 spiro atoms. The number of fused-ring (bicyclic) bond motifs is 1. The Morgan fingerprint density at radius 3 is 2.60 bits per heavy atom. The molecule has 0 fully saturated rings. The fraction of sp³-hybridized carbons (Fsp3) is 0.333. The van der Waals surface area contributed by atoms with E-state index in [1.165, 1.54) is 0 Å². The van der Waals surface area contributed by atoms with Gasteiger partial charge >= 0.3 is 7.60 Å². The topological polar surface area (TPSA) is 66.8 Å². The van der Waals surface area contributed by atoms with E-state index in [2.05, 4.69) is 6.92 Å². The second-order valence-corrected chi connectivity index (χ2v) is 6.43. The van der Waals surface area contributed by atoms with E-state index < -0.39 is 7.60 Å². The third-order valence-corrected chi connectivity index (χ3v) is 3.85. The summed E-state index contributed by atoms with van der Waals surface area (Å²) in [7, 11) is -4.14. The normalized spacial score (nSPS) is 11.8. The highest BCUT2D eigenvalue weighted by atomic mass is 31.2. The molecule has 0 bridgehead atoms. The molecule has 0 saturated heterocycles. The number of hydrogen-bond donors (Lipinski definition) is 2. The highest BCUT2D eigenvalue weighted by Crippen LogP contribution is 2.44. The molecule has 108 valence electrons. The molecule has 0 aliphatic rings. The van der Waals surface area contributed by atoms with Crippen molar-refractivity contribution < 1.29 is 19.1 Å². The van der Waals surface area contributed by atoms with Crippen molar-refractivity contribution in [1.29, 1.82) is 0 Å². The molecule has 0 unspecified atom stereocenters. The van der Waals surface area contributed by atoms with Crippen LogP contribution in [0.15, 0.2) is 36.4 Å². The number of hydrogen-bond acceptors (Lipinski definition) is 2. The molecule has 0 aliphatic heterocycles. The lowest BCUT2D eigenvalue weighted by molar-refractivity contribution is 0.306. The van der Waals surface area contributed by atoms with Gasteiger partial charge in [0.15, 0.2) is 0 Å². The lowest BCUT2D eigenvalue weighted by atomic mass is 10.0. The Kier molecular flexibility index (Phi) is 4.81. The van der Waals surface area contributed by atoms with Crippen LogP contribution >= 0.6 is 7.60 Å². The summed E-state index contributed by atoms with van der Waals surface area (Å²) in [6.07, 6.45) is 1.64. The zero-order chi connectivity index (χ0) is 14.6. The summed E-state index contributed by atoms with van der Waals surface area (Å²) in [4.78, 5) is 18.6. The molecule has 0 amide bonds. The quantitative estimate of drug-likeness (QED) is 0.629. The van der Waals surface area contributed by atoms with Crippen LogP contribution in [0.4, 0.5) is 0 Å². The molecule has 20 heavy (non-hydrogen) atoms. The zero-order valence-corrected chi connectivity index (χ0v) is 12.3. The van der Waals surface area contributed by atoms with E-state index >= 15 is 0 Å². The van der Waals surface area contributed by atoms with Crippen molar-refractivity contribution in [2.75, 3.05) is 6.61 Å². The van der Waals surface area contributed by atoms with Gasteiger partial charge in [-0.3, -0.25) is 4.57 Å². The fourth-order valence-corrected chi connectivity index (χ4v) is 2.88. The maximum absolute atomic E-state index is 11.4. The Balaban J connectivity index is 2.44. The third kappa shape index (κ3) is 3.83. The molecule has 0 aliphatic carbocycles. The summed E-state index contributed by atoms with van der Waals surface area (Å²) in [5, 5.41) is 1.80. The summed E-state index contributed by atoms with van der Waals surface area (Å²) in [5.41, 5.74) is 0.590. The van der Waals surface area contributed by atoms with E-state index in [1.54, 1.807) is 6.07 Å². The maximum atomic E-state index is 11.4. The van der Waals surface area contributed by atoms with Gasteiger partial charge in [0.2, 0.25) is 0 Å². The van der Waals surface area contributed by atoms with Crippen LogP contribution in [0.1, 0.15) is 25.3 Å². The van der Waals surface area contributed by atoms with Gasteiger partial charge < -0.3 is 14.5 Å². The lowest BCUT2D eigenvalue weighted by Gasteiger charge is -2.15. The van der Waals surface area contributed by atoms with E-state index in [9.17, 15) is 14.4 Å². The van der Waals surface area contributed by atoms with E-state index in [1.807, 2.05) is 30.3 Å². The van der Waals surface area contributed by atoms with E-state index in [-0.39, 0.29) is 6.16 Å². The molecule has 4 nitrogen and oxygen atoms in total. The highest BCUT2D eigenvalue weighted by Gasteiger charge is 2.19. The van der Waals surface area contributed by atoms with Crippen molar-refractivity contribution in [3.8, 4) is 5.75 Å². The van der Waals surface area contributed by atoms with Crippen LogP contribution in [0.3, 0.4) is 0 Å². The van der Waals surface area contributed by atoms with Gasteiger partial charge in [-0.05, 0) is 23.3 Å². The largest absolute Gasteiger partial charge is 0.493 e. The summed E-state index contributed by atoms with van der Waals surface area (Å²) >= 11 is 0. The van der Waals surface area contributed by atoms with Gasteiger partial charge in [-0.25, -0.2) is 0 Å². The third-order valence-electron chi connectivity index (χ3n) is 3.12. The first-order chi connectivity index (χ1) is 9.51. The van der Waals surface area contributed by atoms with Crippen LogP contribution < -0.4 is 4.74 Å². The zero-order valence-electron chi connectivity index (χ0n) is 11.5. The Hall–Kier alpha value is -1.35. The smallest absolute Gasteiger partial charge is 0.330 e. The molecule has 0 radical (unpaired) electrons. The van der Waals surface area contributed by atoms with Gasteiger partial charge in [0.05, 0.1) is 12.8 Å². The van der Waals surface area contributed by atoms with Gasteiger partial charge in [-0.2, -0.15) is 0 Å². The van der Waals surface area contributed by atoms with Crippen LogP contribution in [-0.4, -0.2) is 16.4 Å². The first-order valence-electron chi connectivity index (χ1n) is 6.69. The Morgan fingerprint density at radius 2 is 1.90 bits per heavy atom. The predicted molar refractivity (Wildman–Crippen MR) is 80.1 cm³/mol. The average molecular weight is 294 g/mol. The van der Waals surface area contributed by atoms with Crippen LogP contribution in [0.5, 0.6) is 5.75 Å². The highest BCUT2D eigenvalue weighted by molar-refractivity contribution is 7.50. The van der Waals surface area contributed by atoms with Gasteiger partial charge in [0.25, 0.3) is 0 Å². The molecule has 0 aromatic heterocycles. The van der Waals surface area contributed by atoms with Gasteiger partial charge in [-0.15, -0.1) is 0 Å². The van der Waals surface area contributed by atoms with E-state index in [0.717, 1.165) is 23.6 Å². The van der Waals surface area contributed by atoms with Crippen molar-refractivity contribution in [2.24, 2.45) is 0 Å². The molecule has 2 aromatic carbocycles. The number of rotatable bonds is 6. The lowest BCUT2D eigenvalue weighted by Crippen LogP contribution is -2.01. The van der Waals surface area contributed by atoms with Crippen LogP contribution in [-0.2, 0) is 10.7 Å². The predicted octanol–water partition coefficient (Wildman–Crippen LogP) is 3.70. The molecule has 0 atom stereocenters. The minimum absolute atomic E-state index is 0.296. The van der Waals surface area contributed by atoms with E-state index in [0.29, 0.717) is 17.9 Å². The monoisotopic (exact) mass is 294 g/mol. The maximum Gasteiger partial charge on any atom is 0.330 e. The van der Waals surface area contributed by atoms with Crippen LogP contribution in [0.2, 0.25) is 0 Å². The fourth-order valence-electron chi connectivity index (χ4n) is 2.15. The average Bonchev–Trinajstić information content (AvgIpc) is 2.40. The second-order valence-electron chi connectivity index (χ2n) is 4.79. The summed E-state index contributed by atoms with van der Waals surface area (Å²) < 4.78 is 17.1. The number of ether oxygens (including phenoxy) is 1. The van der Waals surface area contributed by atoms with Crippen molar-refractivity contribution in [2.45, 2.75) is 25.9 Å². The molecule has 0 saturated carbocycles. The van der Waals surface area contributed by atoms with Gasteiger partial charge in [0.1, 0.15) is 5.75 Å².